The van der Waals surface area contributed by atoms with Gasteiger partial charge in [-0.15, -0.1) is 0 Å². The van der Waals surface area contributed by atoms with Crippen molar-refractivity contribution in [1.29, 1.82) is 0 Å². The van der Waals surface area contributed by atoms with Gasteiger partial charge in [0.25, 0.3) is 0 Å². The third kappa shape index (κ3) is 4.62. The van der Waals surface area contributed by atoms with E-state index in [0.717, 1.165) is 23.6 Å². The summed E-state index contributed by atoms with van der Waals surface area (Å²) in [4.78, 5) is 23.6. The van der Waals surface area contributed by atoms with E-state index >= 15 is 0 Å². The molecule has 1 aromatic heterocycles. The Morgan fingerprint density at radius 2 is 1.96 bits per heavy atom. The lowest BCUT2D eigenvalue weighted by Crippen LogP contribution is -2.31. The molecular weight excluding hydrogens is 332 g/mol. The normalized spacial score (nSPS) is 18.2. The maximum atomic E-state index is 11.9. The third-order valence-electron chi connectivity index (χ3n) is 4.55. The summed E-state index contributed by atoms with van der Waals surface area (Å²) in [6.07, 6.45) is 3.07. The number of nitrogens with one attached hydrogen (secondary N) is 2. The lowest BCUT2D eigenvalue weighted by atomic mass is 10.3. The predicted octanol–water partition coefficient (Wildman–Crippen LogP) is 1.66. The van der Waals surface area contributed by atoms with Crippen LogP contribution in [0.15, 0.2) is 36.5 Å². The van der Waals surface area contributed by atoms with Gasteiger partial charge in [-0.3, -0.25) is 9.59 Å². The molecular formula is C19H24N4O3. The van der Waals surface area contributed by atoms with E-state index in [1.807, 2.05) is 36.5 Å². The molecule has 1 saturated carbocycles. The Bertz CT molecular complexity index is 769. The van der Waals surface area contributed by atoms with Gasteiger partial charge in [0, 0.05) is 25.1 Å². The summed E-state index contributed by atoms with van der Waals surface area (Å²) in [6, 6.07) is 9.43. The molecule has 7 heteroatoms. The van der Waals surface area contributed by atoms with Crippen molar-refractivity contribution in [2.45, 2.75) is 26.3 Å². The van der Waals surface area contributed by atoms with E-state index < -0.39 is 0 Å². The second-order valence-electron chi connectivity index (χ2n) is 6.59. The highest BCUT2D eigenvalue weighted by atomic mass is 16.5. The Morgan fingerprint density at radius 3 is 2.62 bits per heavy atom. The highest BCUT2D eigenvalue weighted by Crippen LogP contribution is 2.37. The number of amides is 2. The molecule has 2 amide bonds. The van der Waals surface area contributed by atoms with Gasteiger partial charge in [0.15, 0.2) is 0 Å². The molecule has 0 aliphatic heterocycles. The van der Waals surface area contributed by atoms with E-state index in [4.69, 9.17) is 4.74 Å². The van der Waals surface area contributed by atoms with Crippen LogP contribution in [0.5, 0.6) is 5.75 Å². The van der Waals surface area contributed by atoms with Gasteiger partial charge in [-0.25, -0.2) is 4.68 Å². The molecule has 2 aromatic rings. The van der Waals surface area contributed by atoms with Crippen molar-refractivity contribution in [2.75, 3.05) is 13.7 Å². The Morgan fingerprint density at radius 1 is 1.23 bits per heavy atom. The van der Waals surface area contributed by atoms with Crippen LogP contribution in [-0.4, -0.2) is 35.2 Å². The molecule has 138 valence electrons. The largest absolute Gasteiger partial charge is 0.497 e. The summed E-state index contributed by atoms with van der Waals surface area (Å²) in [7, 11) is 1.63. The maximum Gasteiger partial charge on any atom is 0.223 e. The zero-order valence-corrected chi connectivity index (χ0v) is 15.1. The summed E-state index contributed by atoms with van der Waals surface area (Å²) in [5.41, 5.74) is 1.69. The second-order valence-corrected chi connectivity index (χ2v) is 6.59. The first kappa shape index (κ1) is 18.0. The van der Waals surface area contributed by atoms with Crippen molar-refractivity contribution in [3.63, 3.8) is 0 Å². The van der Waals surface area contributed by atoms with Gasteiger partial charge >= 0.3 is 0 Å². The number of aromatic nitrogens is 2. The summed E-state index contributed by atoms with van der Waals surface area (Å²) >= 11 is 0. The van der Waals surface area contributed by atoms with Crippen molar-refractivity contribution >= 4 is 11.8 Å². The molecule has 3 rings (SSSR count). The summed E-state index contributed by atoms with van der Waals surface area (Å²) in [5.74, 6) is 1.36. The quantitative estimate of drug-likeness (QED) is 0.753. The molecule has 7 nitrogen and oxygen atoms in total. The van der Waals surface area contributed by atoms with Crippen molar-refractivity contribution in [1.82, 2.24) is 20.4 Å². The topological polar surface area (TPSA) is 85.2 Å². The Kier molecular flexibility index (Phi) is 5.55. The number of carbonyl (C=O) groups excluding carboxylic acids is 2. The van der Waals surface area contributed by atoms with E-state index in [1.165, 1.54) is 0 Å². The van der Waals surface area contributed by atoms with E-state index in [-0.39, 0.29) is 24.2 Å². The molecule has 0 radical (unpaired) electrons. The van der Waals surface area contributed by atoms with Gasteiger partial charge in [0.05, 0.1) is 25.0 Å². The van der Waals surface area contributed by atoms with Crippen LogP contribution in [0.2, 0.25) is 0 Å². The SMILES string of the molecule is COc1ccc(-n2ccc(CNC(=O)CCNC(=O)[C@H]3C[C@H]3C)n2)cc1. The van der Waals surface area contributed by atoms with Crippen LogP contribution in [0, 0.1) is 11.8 Å². The van der Waals surface area contributed by atoms with Gasteiger partial charge in [-0.1, -0.05) is 6.92 Å². The molecule has 1 aromatic carbocycles. The zero-order chi connectivity index (χ0) is 18.5. The number of nitrogens with zero attached hydrogens (tertiary/aromatic N) is 2. The van der Waals surface area contributed by atoms with Crippen molar-refractivity contribution in [2.24, 2.45) is 11.8 Å². The first-order valence-electron chi connectivity index (χ1n) is 8.80. The molecule has 0 unspecified atom stereocenters. The maximum absolute atomic E-state index is 11.9. The van der Waals surface area contributed by atoms with Crippen LogP contribution in [0.3, 0.4) is 0 Å². The van der Waals surface area contributed by atoms with Crippen molar-refractivity contribution < 1.29 is 14.3 Å². The lowest BCUT2D eigenvalue weighted by molar-refractivity contribution is -0.123. The van der Waals surface area contributed by atoms with Gasteiger partial charge < -0.3 is 15.4 Å². The Labute approximate surface area is 152 Å². The molecule has 1 aliphatic rings. The molecule has 1 fully saturated rings. The molecule has 2 N–H and O–H groups in total. The van der Waals surface area contributed by atoms with E-state index in [9.17, 15) is 9.59 Å². The second kappa shape index (κ2) is 8.03. The van der Waals surface area contributed by atoms with Gasteiger partial charge in [-0.2, -0.15) is 5.10 Å². The summed E-state index contributed by atoms with van der Waals surface area (Å²) < 4.78 is 6.89. The van der Waals surface area contributed by atoms with Crippen LogP contribution in [-0.2, 0) is 16.1 Å². The fourth-order valence-corrected chi connectivity index (χ4v) is 2.73. The van der Waals surface area contributed by atoms with Gasteiger partial charge in [-0.05, 0) is 42.7 Å². The number of benzene rings is 1. The van der Waals surface area contributed by atoms with Crippen LogP contribution in [0.1, 0.15) is 25.5 Å². The number of hydrogen-bond donors (Lipinski definition) is 2. The number of hydrogen-bond acceptors (Lipinski definition) is 4. The minimum Gasteiger partial charge on any atom is -0.497 e. The fraction of sp³-hybridized carbons (Fsp3) is 0.421. The minimum atomic E-state index is -0.104. The van der Waals surface area contributed by atoms with Gasteiger partial charge in [0.2, 0.25) is 11.8 Å². The van der Waals surface area contributed by atoms with Crippen LogP contribution in [0.4, 0.5) is 0 Å². The molecule has 0 saturated heterocycles. The number of carbonyl (C=O) groups is 2. The number of rotatable bonds is 8. The fourth-order valence-electron chi connectivity index (χ4n) is 2.73. The van der Waals surface area contributed by atoms with E-state index in [1.54, 1.807) is 11.8 Å². The zero-order valence-electron chi connectivity index (χ0n) is 15.1. The van der Waals surface area contributed by atoms with Crippen LogP contribution < -0.4 is 15.4 Å². The van der Waals surface area contributed by atoms with Crippen LogP contribution in [0.25, 0.3) is 5.69 Å². The first-order chi connectivity index (χ1) is 12.6. The highest BCUT2D eigenvalue weighted by Gasteiger charge is 2.38. The average Bonchev–Trinajstić information content (AvgIpc) is 3.20. The Balaban J connectivity index is 1.41. The smallest absolute Gasteiger partial charge is 0.223 e. The predicted molar refractivity (Wildman–Crippen MR) is 96.9 cm³/mol. The van der Waals surface area contributed by atoms with Crippen LogP contribution >= 0.6 is 0 Å². The van der Waals surface area contributed by atoms with E-state index in [2.05, 4.69) is 22.7 Å². The molecule has 26 heavy (non-hydrogen) atoms. The minimum absolute atomic E-state index is 0.0588. The van der Waals surface area contributed by atoms with Gasteiger partial charge in [0.1, 0.15) is 5.75 Å². The monoisotopic (exact) mass is 356 g/mol. The molecule has 2 atom stereocenters. The molecule has 0 bridgehead atoms. The van der Waals surface area contributed by atoms with E-state index in [0.29, 0.717) is 19.0 Å². The van der Waals surface area contributed by atoms with Crippen molar-refractivity contribution in [3.05, 3.63) is 42.2 Å². The Hall–Kier alpha value is -2.83. The summed E-state index contributed by atoms with van der Waals surface area (Å²) in [6.45, 7) is 2.78. The number of methoxy groups -OCH3 is 1. The molecule has 0 spiro atoms. The average molecular weight is 356 g/mol. The standard InChI is InChI=1S/C19H24N4O3/c1-13-11-17(13)19(25)20-9-7-18(24)21-12-14-8-10-23(22-14)15-3-5-16(26-2)6-4-15/h3-6,8,10,13,17H,7,9,11-12H2,1-2H3,(H,20,25)(H,21,24)/t13-,17+/m1/s1. The highest BCUT2D eigenvalue weighted by molar-refractivity contribution is 5.82. The number of ether oxygens (including phenoxy) is 1. The third-order valence-corrected chi connectivity index (χ3v) is 4.55. The van der Waals surface area contributed by atoms with Crippen molar-refractivity contribution in [3.8, 4) is 11.4 Å². The lowest BCUT2D eigenvalue weighted by Gasteiger charge is -2.06. The molecule has 1 aliphatic carbocycles. The molecule has 1 heterocycles. The summed E-state index contributed by atoms with van der Waals surface area (Å²) in [5, 5.41) is 10.1. The first-order valence-corrected chi connectivity index (χ1v) is 8.80.